The number of carbonyl (C=O) groups excluding carboxylic acids is 1. The molecule has 1 atom stereocenters. The molecule has 6 heteroatoms. The number of fused-ring (bicyclic) bond motifs is 1. The molecule has 1 amide bonds. The fourth-order valence-corrected chi connectivity index (χ4v) is 2.44. The van der Waals surface area contributed by atoms with Crippen molar-refractivity contribution < 1.29 is 15.1 Å². The minimum absolute atomic E-state index is 0.0245. The summed E-state index contributed by atoms with van der Waals surface area (Å²) in [4.78, 5) is 20.6. The first-order valence-electron chi connectivity index (χ1n) is 8.04. The maximum atomic E-state index is 12.0. The summed E-state index contributed by atoms with van der Waals surface area (Å²) in [5, 5.41) is 18.6. The van der Waals surface area contributed by atoms with Gasteiger partial charge in [0.15, 0.2) is 0 Å². The van der Waals surface area contributed by atoms with Crippen LogP contribution in [0, 0.1) is 17.8 Å². The minimum Gasteiger partial charge on any atom is -0.395 e. The topological polar surface area (TPSA) is 95.3 Å². The van der Waals surface area contributed by atoms with Gasteiger partial charge in [-0.1, -0.05) is 24.0 Å². The lowest BCUT2D eigenvalue weighted by Gasteiger charge is -2.08. The van der Waals surface area contributed by atoms with Gasteiger partial charge >= 0.3 is 0 Å². The molecule has 6 nitrogen and oxygen atoms in total. The second-order valence-electron chi connectivity index (χ2n) is 5.82. The van der Waals surface area contributed by atoms with Gasteiger partial charge < -0.3 is 5.11 Å². The highest BCUT2D eigenvalue weighted by atomic mass is 16.5. The average molecular weight is 347 g/mol. The minimum atomic E-state index is -0.618. The molecular weight excluding hydrogens is 330 g/mol. The van der Waals surface area contributed by atoms with E-state index in [1.807, 2.05) is 31.2 Å². The van der Waals surface area contributed by atoms with Crippen molar-refractivity contribution in [1.29, 1.82) is 0 Å². The van der Waals surface area contributed by atoms with E-state index in [-0.39, 0.29) is 12.5 Å². The number of nitrogens with zero attached hydrogens (tertiary/aromatic N) is 2. The van der Waals surface area contributed by atoms with Gasteiger partial charge in [-0.2, -0.15) is 0 Å². The highest BCUT2D eigenvalue weighted by molar-refractivity contribution is 6.06. The van der Waals surface area contributed by atoms with E-state index in [1.165, 1.54) is 6.20 Å². The average Bonchev–Trinajstić information content (AvgIpc) is 2.70. The van der Waals surface area contributed by atoms with Crippen LogP contribution in [-0.2, 0) is 0 Å². The smallest absolute Gasteiger partial charge is 0.275 e. The number of carbonyl (C=O) groups is 1. The Bertz CT molecular complexity index is 1000. The van der Waals surface area contributed by atoms with Crippen LogP contribution in [0.3, 0.4) is 0 Å². The molecule has 1 unspecified atom stereocenters. The Hall–Kier alpha value is -3.27. The third kappa shape index (κ3) is 3.70. The van der Waals surface area contributed by atoms with E-state index in [0.717, 1.165) is 11.1 Å². The van der Waals surface area contributed by atoms with Crippen LogP contribution < -0.4 is 5.48 Å². The number of pyridine rings is 2. The van der Waals surface area contributed by atoms with Gasteiger partial charge in [0.1, 0.15) is 0 Å². The Balaban J connectivity index is 2.02. The van der Waals surface area contributed by atoms with Crippen molar-refractivity contribution in [1.82, 2.24) is 15.4 Å². The van der Waals surface area contributed by atoms with Gasteiger partial charge in [0.05, 0.1) is 23.4 Å². The number of aliphatic hydroxyl groups excluding tert-OH is 1. The second kappa shape index (κ2) is 7.74. The van der Waals surface area contributed by atoms with E-state index in [0.29, 0.717) is 22.2 Å². The van der Waals surface area contributed by atoms with Gasteiger partial charge in [0.25, 0.3) is 5.91 Å². The molecule has 1 aromatic carbocycles. The summed E-state index contributed by atoms with van der Waals surface area (Å²) < 4.78 is 0. The van der Waals surface area contributed by atoms with E-state index in [4.69, 9.17) is 10.3 Å². The van der Waals surface area contributed by atoms with Crippen molar-refractivity contribution in [2.24, 2.45) is 5.92 Å². The van der Waals surface area contributed by atoms with Crippen LogP contribution >= 0.6 is 0 Å². The molecule has 0 aliphatic heterocycles. The quantitative estimate of drug-likeness (QED) is 0.384. The summed E-state index contributed by atoms with van der Waals surface area (Å²) in [6, 6.07) is 10.8. The molecule has 0 aliphatic rings. The van der Waals surface area contributed by atoms with E-state index in [9.17, 15) is 4.79 Å². The van der Waals surface area contributed by atoms with Crippen LogP contribution in [0.5, 0.6) is 0 Å². The van der Waals surface area contributed by atoms with Gasteiger partial charge in [-0.15, -0.1) is 0 Å². The summed E-state index contributed by atoms with van der Waals surface area (Å²) in [6.07, 6.45) is 3.14. The molecule has 130 valence electrons. The van der Waals surface area contributed by atoms with E-state index in [2.05, 4.69) is 21.8 Å². The summed E-state index contributed by atoms with van der Waals surface area (Å²) in [6.45, 7) is 1.87. The molecule has 2 heterocycles. The lowest BCUT2D eigenvalue weighted by atomic mass is 10.0. The number of hydroxylamine groups is 1. The third-order valence-electron chi connectivity index (χ3n) is 3.87. The molecule has 0 radical (unpaired) electrons. The molecule has 3 rings (SSSR count). The number of amides is 1. The summed E-state index contributed by atoms with van der Waals surface area (Å²) in [5.74, 6) is 5.27. The Morgan fingerprint density at radius 1 is 1.27 bits per heavy atom. The molecule has 0 saturated heterocycles. The Labute approximate surface area is 150 Å². The van der Waals surface area contributed by atoms with Crippen molar-refractivity contribution in [3.8, 4) is 23.1 Å². The zero-order valence-corrected chi connectivity index (χ0v) is 14.1. The number of hydrogen-bond acceptors (Lipinski definition) is 5. The SMILES string of the molecule is CC(C#Cc1ccc(-c2cc(C(=O)NO)c3cnccc3n2)cc1)CO. The molecule has 3 aromatic rings. The molecular formula is C20H17N3O3. The summed E-state index contributed by atoms with van der Waals surface area (Å²) in [5.41, 5.74) is 4.81. The highest BCUT2D eigenvalue weighted by Gasteiger charge is 2.13. The number of aliphatic hydroxyl groups is 1. The Kier molecular flexibility index (Phi) is 5.23. The van der Waals surface area contributed by atoms with Crippen LogP contribution in [0.25, 0.3) is 22.2 Å². The normalized spacial score (nSPS) is 11.5. The van der Waals surface area contributed by atoms with Crippen LogP contribution in [0.4, 0.5) is 0 Å². The fourth-order valence-electron chi connectivity index (χ4n) is 2.44. The summed E-state index contributed by atoms with van der Waals surface area (Å²) in [7, 11) is 0. The van der Waals surface area contributed by atoms with E-state index < -0.39 is 5.91 Å². The standard InChI is InChI=1S/C20H17N3O3/c1-13(12-24)2-3-14-4-6-15(7-5-14)19-10-16(20(25)23-26)17-11-21-9-8-18(17)22-19/h4-11,13,24,26H,12H2,1H3,(H,23,25). The van der Waals surface area contributed by atoms with Crippen molar-refractivity contribution in [2.75, 3.05) is 6.61 Å². The largest absolute Gasteiger partial charge is 0.395 e. The predicted molar refractivity (Wildman–Crippen MR) is 97.4 cm³/mol. The first-order valence-corrected chi connectivity index (χ1v) is 8.04. The monoisotopic (exact) mass is 347 g/mol. The Morgan fingerprint density at radius 3 is 2.73 bits per heavy atom. The van der Waals surface area contributed by atoms with Crippen LogP contribution in [-0.4, -0.2) is 32.8 Å². The number of benzene rings is 1. The van der Waals surface area contributed by atoms with E-state index in [1.54, 1.807) is 23.8 Å². The van der Waals surface area contributed by atoms with Crippen LogP contribution in [0.1, 0.15) is 22.8 Å². The predicted octanol–water partition coefficient (Wildman–Crippen LogP) is 2.40. The molecule has 2 aromatic heterocycles. The van der Waals surface area contributed by atoms with Crippen molar-refractivity contribution >= 4 is 16.8 Å². The van der Waals surface area contributed by atoms with Crippen molar-refractivity contribution in [3.63, 3.8) is 0 Å². The number of nitrogens with one attached hydrogen (secondary N) is 1. The first kappa shape index (κ1) is 17.5. The highest BCUT2D eigenvalue weighted by Crippen LogP contribution is 2.24. The van der Waals surface area contributed by atoms with Crippen LogP contribution in [0.2, 0.25) is 0 Å². The van der Waals surface area contributed by atoms with Crippen LogP contribution in [0.15, 0.2) is 48.8 Å². The maximum absolute atomic E-state index is 12.0. The van der Waals surface area contributed by atoms with Crippen molar-refractivity contribution in [3.05, 3.63) is 59.9 Å². The molecule has 0 bridgehead atoms. The molecule has 0 saturated carbocycles. The van der Waals surface area contributed by atoms with Crippen molar-refractivity contribution in [2.45, 2.75) is 6.92 Å². The maximum Gasteiger partial charge on any atom is 0.275 e. The molecule has 0 fully saturated rings. The lowest BCUT2D eigenvalue weighted by molar-refractivity contribution is 0.0708. The molecule has 26 heavy (non-hydrogen) atoms. The van der Waals surface area contributed by atoms with Gasteiger partial charge in [-0.05, 0) is 31.2 Å². The Morgan fingerprint density at radius 2 is 2.04 bits per heavy atom. The number of rotatable bonds is 3. The zero-order chi connectivity index (χ0) is 18.5. The first-order chi connectivity index (χ1) is 12.6. The number of aromatic nitrogens is 2. The molecule has 3 N–H and O–H groups in total. The zero-order valence-electron chi connectivity index (χ0n) is 14.1. The molecule has 0 spiro atoms. The van der Waals surface area contributed by atoms with Gasteiger partial charge in [-0.3, -0.25) is 15.0 Å². The fraction of sp³-hybridized carbons (Fsp3) is 0.150. The lowest BCUT2D eigenvalue weighted by Crippen LogP contribution is -2.19. The van der Waals surface area contributed by atoms with E-state index >= 15 is 0 Å². The van der Waals surface area contributed by atoms with Gasteiger partial charge in [-0.25, -0.2) is 10.5 Å². The van der Waals surface area contributed by atoms with Gasteiger partial charge in [0, 0.05) is 34.8 Å². The second-order valence-corrected chi connectivity index (χ2v) is 5.82. The molecule has 0 aliphatic carbocycles. The third-order valence-corrected chi connectivity index (χ3v) is 3.87. The summed E-state index contributed by atoms with van der Waals surface area (Å²) >= 11 is 0. The number of hydrogen-bond donors (Lipinski definition) is 3. The van der Waals surface area contributed by atoms with Gasteiger partial charge in [0.2, 0.25) is 0 Å².